The lowest BCUT2D eigenvalue weighted by Gasteiger charge is -2.21. The smallest absolute Gasteiger partial charge is 0.348 e. The highest BCUT2D eigenvalue weighted by Crippen LogP contribution is 2.41. The minimum Gasteiger partial charge on any atom is -0.462 e. The van der Waals surface area contributed by atoms with Gasteiger partial charge in [-0.15, -0.1) is 0 Å². The van der Waals surface area contributed by atoms with E-state index >= 15 is 0 Å². The Labute approximate surface area is 167 Å². The van der Waals surface area contributed by atoms with E-state index < -0.39 is 5.97 Å². The molecular formula is C21H19N3O5. The molecule has 0 unspecified atom stereocenters. The van der Waals surface area contributed by atoms with Crippen molar-refractivity contribution in [2.75, 3.05) is 18.3 Å². The highest BCUT2D eigenvalue weighted by atomic mass is 16.7. The summed E-state index contributed by atoms with van der Waals surface area (Å²) in [5.74, 6) is 0.481. The first-order valence-corrected chi connectivity index (χ1v) is 9.19. The highest BCUT2D eigenvalue weighted by Gasteiger charge is 2.27. The van der Waals surface area contributed by atoms with Crippen LogP contribution in [0.1, 0.15) is 30.8 Å². The van der Waals surface area contributed by atoms with Crippen LogP contribution in [0, 0.1) is 11.3 Å². The summed E-state index contributed by atoms with van der Waals surface area (Å²) in [6, 6.07) is 9.29. The van der Waals surface area contributed by atoms with E-state index in [-0.39, 0.29) is 24.9 Å². The zero-order valence-electron chi connectivity index (χ0n) is 16.1. The molecule has 2 aliphatic heterocycles. The molecule has 8 heteroatoms. The van der Waals surface area contributed by atoms with Crippen molar-refractivity contribution in [2.24, 2.45) is 0 Å². The Hall–Kier alpha value is -3.73. The van der Waals surface area contributed by atoms with E-state index in [1.54, 1.807) is 11.8 Å². The van der Waals surface area contributed by atoms with Crippen LogP contribution >= 0.6 is 0 Å². The number of hydrogen-bond acceptors (Lipinski definition) is 6. The van der Waals surface area contributed by atoms with Crippen LogP contribution in [-0.2, 0) is 27.4 Å². The molecule has 8 nitrogen and oxygen atoms in total. The molecule has 2 aromatic rings. The maximum Gasteiger partial charge on any atom is 0.348 e. The summed E-state index contributed by atoms with van der Waals surface area (Å²) in [6.45, 7) is 4.35. The molecule has 0 aliphatic carbocycles. The average molecular weight is 393 g/mol. The molecule has 1 amide bonds. The van der Waals surface area contributed by atoms with Crippen LogP contribution in [0.5, 0.6) is 11.5 Å². The van der Waals surface area contributed by atoms with Gasteiger partial charge in [-0.25, -0.2) is 4.79 Å². The molecule has 0 saturated carbocycles. The average Bonchev–Trinajstić information content (AvgIpc) is 3.26. The maximum absolute atomic E-state index is 12.3. The first kappa shape index (κ1) is 18.6. The molecule has 0 fully saturated rings. The molecule has 3 heterocycles. The standard InChI is InChI=1S/C21H19N3O5/c1-3-27-21(26)14(9-22)6-16-4-5-17-11-23(13(2)25)18-8-20-19(28-12-29-20)7-15(18)10-24(16)17/h4-8H,3,10-12H2,1-2H3. The summed E-state index contributed by atoms with van der Waals surface area (Å²) in [4.78, 5) is 26.0. The van der Waals surface area contributed by atoms with Crippen molar-refractivity contribution < 1.29 is 23.8 Å². The molecular weight excluding hydrogens is 374 g/mol. The van der Waals surface area contributed by atoms with Crippen molar-refractivity contribution in [1.82, 2.24) is 4.57 Å². The van der Waals surface area contributed by atoms with E-state index in [4.69, 9.17) is 14.2 Å². The Morgan fingerprint density at radius 2 is 2.00 bits per heavy atom. The number of benzene rings is 1. The van der Waals surface area contributed by atoms with Gasteiger partial charge in [0.25, 0.3) is 0 Å². The van der Waals surface area contributed by atoms with Crippen molar-refractivity contribution in [2.45, 2.75) is 26.9 Å². The lowest BCUT2D eigenvalue weighted by molar-refractivity contribution is -0.137. The summed E-state index contributed by atoms with van der Waals surface area (Å²) < 4.78 is 17.9. The van der Waals surface area contributed by atoms with E-state index in [0.29, 0.717) is 30.3 Å². The van der Waals surface area contributed by atoms with Gasteiger partial charge in [-0.2, -0.15) is 5.26 Å². The Balaban J connectivity index is 1.80. The number of carbonyl (C=O) groups is 2. The highest BCUT2D eigenvalue weighted by molar-refractivity contribution is 5.98. The number of anilines is 1. The van der Waals surface area contributed by atoms with E-state index in [1.807, 2.05) is 34.9 Å². The second-order valence-corrected chi connectivity index (χ2v) is 6.67. The molecule has 0 atom stereocenters. The molecule has 0 bridgehead atoms. The predicted molar refractivity (Wildman–Crippen MR) is 103 cm³/mol. The van der Waals surface area contributed by atoms with Gasteiger partial charge in [-0.3, -0.25) is 4.79 Å². The summed E-state index contributed by atoms with van der Waals surface area (Å²) in [5, 5.41) is 9.35. The van der Waals surface area contributed by atoms with Crippen molar-refractivity contribution in [1.29, 1.82) is 5.26 Å². The van der Waals surface area contributed by atoms with Crippen molar-refractivity contribution in [3.8, 4) is 17.6 Å². The Bertz CT molecular complexity index is 1080. The third-order valence-electron chi connectivity index (χ3n) is 4.91. The molecule has 29 heavy (non-hydrogen) atoms. The van der Waals surface area contributed by atoms with E-state index in [9.17, 15) is 14.9 Å². The minimum absolute atomic E-state index is 0.0775. The quantitative estimate of drug-likeness (QED) is 0.452. The molecule has 0 radical (unpaired) electrons. The van der Waals surface area contributed by atoms with Gasteiger partial charge >= 0.3 is 5.97 Å². The van der Waals surface area contributed by atoms with Crippen LogP contribution in [0.25, 0.3) is 6.08 Å². The van der Waals surface area contributed by atoms with Gasteiger partial charge in [0, 0.05) is 24.4 Å². The van der Waals surface area contributed by atoms with Gasteiger partial charge in [0.05, 0.1) is 25.4 Å². The van der Waals surface area contributed by atoms with Gasteiger partial charge in [0.2, 0.25) is 12.7 Å². The zero-order chi connectivity index (χ0) is 20.5. The Morgan fingerprint density at radius 3 is 2.69 bits per heavy atom. The lowest BCUT2D eigenvalue weighted by Crippen LogP contribution is -2.27. The number of nitrogens with zero attached hydrogens (tertiary/aromatic N) is 3. The number of esters is 1. The summed E-state index contributed by atoms with van der Waals surface area (Å²) in [5.41, 5.74) is 3.12. The van der Waals surface area contributed by atoms with Crippen molar-refractivity contribution in [3.05, 3.63) is 46.8 Å². The van der Waals surface area contributed by atoms with Gasteiger partial charge < -0.3 is 23.7 Å². The molecule has 1 aromatic carbocycles. The topological polar surface area (TPSA) is 93.8 Å². The molecule has 1 aromatic heterocycles. The number of nitriles is 1. The fourth-order valence-corrected chi connectivity index (χ4v) is 3.53. The first-order chi connectivity index (χ1) is 14.0. The third kappa shape index (κ3) is 3.31. The maximum atomic E-state index is 12.3. The van der Waals surface area contributed by atoms with Crippen LogP contribution in [0.2, 0.25) is 0 Å². The van der Waals surface area contributed by atoms with E-state index in [2.05, 4.69) is 0 Å². The third-order valence-corrected chi connectivity index (χ3v) is 4.91. The number of ether oxygens (including phenoxy) is 3. The van der Waals surface area contributed by atoms with Crippen LogP contribution in [-0.4, -0.2) is 29.8 Å². The number of carbonyl (C=O) groups excluding carboxylic acids is 2. The van der Waals surface area contributed by atoms with Crippen LogP contribution in [0.4, 0.5) is 5.69 Å². The van der Waals surface area contributed by atoms with E-state index in [1.165, 1.54) is 13.0 Å². The summed E-state index contributed by atoms with van der Waals surface area (Å²) in [7, 11) is 0. The minimum atomic E-state index is -0.659. The fourth-order valence-electron chi connectivity index (χ4n) is 3.53. The number of fused-ring (bicyclic) bond motifs is 3. The van der Waals surface area contributed by atoms with E-state index in [0.717, 1.165) is 16.9 Å². The van der Waals surface area contributed by atoms with Gasteiger partial charge in [-0.05, 0) is 36.8 Å². The van der Waals surface area contributed by atoms with Crippen LogP contribution in [0.3, 0.4) is 0 Å². The SMILES string of the molecule is CCOC(=O)C(C#N)=Cc1ccc2n1Cc1cc3c(cc1N(C(C)=O)C2)OCO3. The Morgan fingerprint density at radius 1 is 1.24 bits per heavy atom. The van der Waals surface area contributed by atoms with Crippen LogP contribution < -0.4 is 14.4 Å². The molecule has 4 rings (SSSR count). The number of rotatable bonds is 3. The fraction of sp³-hybridized carbons (Fsp3) is 0.286. The molecule has 0 N–H and O–H groups in total. The van der Waals surface area contributed by atoms with Crippen molar-refractivity contribution in [3.63, 3.8) is 0 Å². The van der Waals surface area contributed by atoms with Gasteiger partial charge in [-0.1, -0.05) is 0 Å². The largest absolute Gasteiger partial charge is 0.462 e. The second kappa shape index (κ2) is 7.36. The summed E-state index contributed by atoms with van der Waals surface area (Å²) in [6.07, 6.45) is 1.51. The number of aromatic nitrogens is 1. The van der Waals surface area contributed by atoms with Crippen molar-refractivity contribution >= 4 is 23.6 Å². The first-order valence-electron chi connectivity index (χ1n) is 9.19. The zero-order valence-corrected chi connectivity index (χ0v) is 16.1. The normalized spacial score (nSPS) is 14.5. The van der Waals surface area contributed by atoms with Gasteiger partial charge in [0.15, 0.2) is 11.5 Å². The predicted octanol–water partition coefficient (Wildman–Crippen LogP) is 2.60. The number of amides is 1. The molecule has 0 saturated heterocycles. The van der Waals surface area contributed by atoms with Gasteiger partial charge in [0.1, 0.15) is 11.6 Å². The monoisotopic (exact) mass is 393 g/mol. The lowest BCUT2D eigenvalue weighted by atomic mass is 10.1. The molecule has 148 valence electrons. The number of hydrogen-bond donors (Lipinski definition) is 0. The second-order valence-electron chi connectivity index (χ2n) is 6.67. The Kier molecular flexibility index (Phi) is 4.72. The molecule has 2 aliphatic rings. The molecule has 0 spiro atoms. The summed E-state index contributed by atoms with van der Waals surface area (Å²) >= 11 is 0. The van der Waals surface area contributed by atoms with Crippen LogP contribution in [0.15, 0.2) is 29.8 Å².